The van der Waals surface area contributed by atoms with Crippen molar-refractivity contribution < 1.29 is 17.9 Å². The second kappa shape index (κ2) is 8.44. The smallest absolute Gasteiger partial charge is 0.393 e. The van der Waals surface area contributed by atoms with Crippen LogP contribution in [-0.4, -0.2) is 24.2 Å². The van der Waals surface area contributed by atoms with Crippen LogP contribution in [0.5, 0.6) is 5.75 Å². The van der Waals surface area contributed by atoms with Crippen molar-refractivity contribution in [1.82, 2.24) is 4.90 Å². The molecule has 0 bridgehead atoms. The van der Waals surface area contributed by atoms with Crippen molar-refractivity contribution in [3.8, 4) is 5.75 Å². The highest BCUT2D eigenvalue weighted by atomic mass is 79.9. The first-order valence-corrected chi connectivity index (χ1v) is 9.46. The fraction of sp³-hybridized carbons (Fsp3) is 0.400. The Morgan fingerprint density at radius 1 is 1.08 bits per heavy atom. The maximum atomic E-state index is 13.1. The van der Waals surface area contributed by atoms with E-state index in [1.54, 1.807) is 0 Å². The number of nitrogens with zero attached hydrogens (tertiary/aromatic N) is 1. The molecule has 1 aliphatic rings. The van der Waals surface area contributed by atoms with E-state index >= 15 is 0 Å². The Bertz CT molecular complexity index is 721. The molecular weight excluding hydrogens is 407 g/mol. The van der Waals surface area contributed by atoms with Gasteiger partial charge in [-0.05, 0) is 37.1 Å². The molecule has 0 spiro atoms. The van der Waals surface area contributed by atoms with Crippen LogP contribution in [0.2, 0.25) is 0 Å². The zero-order valence-electron chi connectivity index (χ0n) is 14.3. The van der Waals surface area contributed by atoms with Gasteiger partial charge in [-0.3, -0.25) is 4.90 Å². The summed E-state index contributed by atoms with van der Waals surface area (Å²) < 4.78 is 46.0. The van der Waals surface area contributed by atoms with E-state index in [2.05, 4.69) is 15.9 Å². The molecule has 26 heavy (non-hydrogen) atoms. The molecular formula is C20H21BrF3NO. The number of ether oxygens (including phenoxy) is 1. The largest absolute Gasteiger partial charge is 0.489 e. The Labute approximate surface area is 160 Å². The van der Waals surface area contributed by atoms with Gasteiger partial charge < -0.3 is 4.74 Å². The summed E-state index contributed by atoms with van der Waals surface area (Å²) in [6.45, 7) is 1.59. The minimum atomic E-state index is -4.13. The highest BCUT2D eigenvalue weighted by Crippen LogP contribution is 2.35. The lowest BCUT2D eigenvalue weighted by Crippen LogP contribution is -2.41. The molecule has 6 heteroatoms. The first-order valence-electron chi connectivity index (χ1n) is 8.66. The van der Waals surface area contributed by atoms with Crippen LogP contribution in [0, 0.1) is 5.92 Å². The zero-order valence-corrected chi connectivity index (χ0v) is 15.9. The van der Waals surface area contributed by atoms with Crippen molar-refractivity contribution in [1.29, 1.82) is 0 Å². The molecule has 2 nitrogen and oxygen atoms in total. The fourth-order valence-electron chi connectivity index (χ4n) is 3.25. The van der Waals surface area contributed by atoms with Crippen molar-refractivity contribution >= 4 is 15.9 Å². The molecule has 2 aromatic carbocycles. The summed E-state index contributed by atoms with van der Waals surface area (Å²) in [5.41, 5.74) is 1.94. The van der Waals surface area contributed by atoms with Gasteiger partial charge in [-0.1, -0.05) is 52.3 Å². The Morgan fingerprint density at radius 2 is 1.85 bits per heavy atom. The number of hydrogen-bond donors (Lipinski definition) is 0. The van der Waals surface area contributed by atoms with Gasteiger partial charge in [-0.15, -0.1) is 0 Å². The average Bonchev–Trinajstić information content (AvgIpc) is 2.63. The van der Waals surface area contributed by atoms with E-state index in [-0.39, 0.29) is 13.0 Å². The first kappa shape index (κ1) is 19.2. The number of likely N-dealkylation sites (tertiary alicyclic amines) is 1. The van der Waals surface area contributed by atoms with Gasteiger partial charge in [0.15, 0.2) is 0 Å². The van der Waals surface area contributed by atoms with Gasteiger partial charge in [0.05, 0.1) is 5.92 Å². The highest BCUT2D eigenvalue weighted by molar-refractivity contribution is 9.10. The summed E-state index contributed by atoms with van der Waals surface area (Å²) in [6.07, 6.45) is -3.35. The van der Waals surface area contributed by atoms with Crippen molar-refractivity contribution in [2.75, 3.05) is 13.1 Å². The Morgan fingerprint density at radius 3 is 2.58 bits per heavy atom. The Kier molecular flexibility index (Phi) is 6.24. The molecule has 2 aromatic rings. The molecule has 1 saturated heterocycles. The maximum Gasteiger partial charge on any atom is 0.393 e. The topological polar surface area (TPSA) is 12.5 Å². The lowest BCUT2D eigenvalue weighted by atomic mass is 9.97. The van der Waals surface area contributed by atoms with Gasteiger partial charge in [0.1, 0.15) is 12.4 Å². The Balaban J connectivity index is 1.71. The Hall–Kier alpha value is -1.53. The molecule has 1 heterocycles. The average molecular weight is 428 g/mol. The van der Waals surface area contributed by atoms with Gasteiger partial charge in [-0.25, -0.2) is 0 Å². The predicted molar refractivity (Wildman–Crippen MR) is 99.0 cm³/mol. The molecule has 0 radical (unpaired) electrons. The lowest BCUT2D eigenvalue weighted by molar-refractivity contribution is -0.187. The van der Waals surface area contributed by atoms with Crippen molar-refractivity contribution in [2.24, 2.45) is 5.92 Å². The molecule has 1 aliphatic heterocycles. The van der Waals surface area contributed by atoms with Crippen LogP contribution < -0.4 is 4.74 Å². The van der Waals surface area contributed by atoms with Crippen LogP contribution in [0.4, 0.5) is 13.2 Å². The molecule has 1 fully saturated rings. The number of benzene rings is 2. The van der Waals surface area contributed by atoms with Crippen molar-refractivity contribution in [3.05, 3.63) is 64.1 Å². The zero-order chi connectivity index (χ0) is 18.6. The van der Waals surface area contributed by atoms with Gasteiger partial charge in [-0.2, -0.15) is 13.2 Å². The third-order valence-electron chi connectivity index (χ3n) is 4.66. The second-order valence-electron chi connectivity index (χ2n) is 6.61. The summed E-state index contributed by atoms with van der Waals surface area (Å²) in [5, 5.41) is 0. The highest BCUT2D eigenvalue weighted by Gasteiger charge is 2.41. The molecule has 3 rings (SSSR count). The second-order valence-corrected chi connectivity index (χ2v) is 7.46. The van der Waals surface area contributed by atoms with Crippen LogP contribution in [0.15, 0.2) is 53.0 Å². The van der Waals surface area contributed by atoms with E-state index in [1.165, 1.54) is 0 Å². The van der Waals surface area contributed by atoms with Crippen molar-refractivity contribution in [3.63, 3.8) is 0 Å². The van der Waals surface area contributed by atoms with E-state index in [9.17, 15) is 13.2 Å². The van der Waals surface area contributed by atoms with Crippen LogP contribution in [-0.2, 0) is 13.2 Å². The first-order chi connectivity index (χ1) is 12.4. The molecule has 0 amide bonds. The number of piperidine rings is 1. The summed E-state index contributed by atoms with van der Waals surface area (Å²) in [7, 11) is 0. The number of rotatable bonds is 5. The summed E-state index contributed by atoms with van der Waals surface area (Å²) in [5.74, 6) is -0.537. The number of hydrogen-bond acceptors (Lipinski definition) is 2. The summed E-state index contributed by atoms with van der Waals surface area (Å²) in [6, 6.07) is 15.5. The van der Waals surface area contributed by atoms with Gasteiger partial charge in [0.25, 0.3) is 0 Å². The fourth-order valence-corrected chi connectivity index (χ4v) is 3.73. The lowest BCUT2D eigenvalue weighted by Gasteiger charge is -2.34. The van der Waals surface area contributed by atoms with Gasteiger partial charge >= 0.3 is 6.18 Å². The van der Waals surface area contributed by atoms with Crippen LogP contribution in [0.25, 0.3) is 0 Å². The maximum absolute atomic E-state index is 13.1. The van der Waals surface area contributed by atoms with E-state index in [0.717, 1.165) is 15.6 Å². The molecule has 0 N–H and O–H groups in total. The summed E-state index contributed by atoms with van der Waals surface area (Å²) >= 11 is 3.53. The minimum Gasteiger partial charge on any atom is -0.489 e. The molecule has 1 atom stereocenters. The SMILES string of the molecule is FC(F)(F)C1CCCN(Cc2c(Br)cccc2OCc2ccccc2)C1. The predicted octanol–water partition coefficient (Wildman–Crippen LogP) is 5.80. The van der Waals surface area contributed by atoms with E-state index in [4.69, 9.17) is 4.74 Å². The molecule has 0 saturated carbocycles. The molecule has 1 unspecified atom stereocenters. The summed E-state index contributed by atoms with van der Waals surface area (Å²) in [4.78, 5) is 1.87. The van der Waals surface area contributed by atoms with E-state index < -0.39 is 12.1 Å². The number of halogens is 4. The van der Waals surface area contributed by atoms with Crippen LogP contribution in [0.3, 0.4) is 0 Å². The standard InChI is InChI=1S/C20H21BrF3NO/c21-18-9-4-10-19(26-14-15-6-2-1-3-7-15)17(18)13-25-11-5-8-16(12-25)20(22,23)24/h1-4,6-7,9-10,16H,5,8,11-14H2. The monoisotopic (exact) mass is 427 g/mol. The minimum absolute atomic E-state index is 0.0446. The van der Waals surface area contributed by atoms with Crippen LogP contribution >= 0.6 is 15.9 Å². The number of alkyl halides is 3. The van der Waals surface area contributed by atoms with Crippen molar-refractivity contribution in [2.45, 2.75) is 32.2 Å². The molecule has 0 aliphatic carbocycles. The molecule has 140 valence electrons. The normalized spacial score (nSPS) is 18.7. The third-order valence-corrected chi connectivity index (χ3v) is 5.41. The van der Waals surface area contributed by atoms with Gasteiger partial charge in [0, 0.05) is 23.1 Å². The quantitative estimate of drug-likeness (QED) is 0.597. The molecule has 0 aromatic heterocycles. The van der Waals surface area contributed by atoms with E-state index in [1.807, 2.05) is 53.4 Å². The van der Waals surface area contributed by atoms with Crippen LogP contribution in [0.1, 0.15) is 24.0 Å². The van der Waals surface area contributed by atoms with E-state index in [0.29, 0.717) is 31.9 Å². The third kappa shape index (κ3) is 5.01. The van der Waals surface area contributed by atoms with Gasteiger partial charge in [0.2, 0.25) is 0 Å².